The van der Waals surface area contributed by atoms with Crippen molar-refractivity contribution in [3.63, 3.8) is 0 Å². The van der Waals surface area contributed by atoms with Crippen molar-refractivity contribution in [3.8, 4) is 0 Å². The molecule has 128 valence electrons. The molecule has 5 heteroatoms. The number of benzene rings is 1. The van der Waals surface area contributed by atoms with Crippen LogP contribution in [0, 0.1) is 19.8 Å². The lowest BCUT2D eigenvalue weighted by Gasteiger charge is -2.25. The van der Waals surface area contributed by atoms with E-state index in [4.69, 9.17) is 4.99 Å². The number of anilines is 1. The quantitative estimate of drug-likeness (QED) is 0.924. The van der Waals surface area contributed by atoms with Crippen molar-refractivity contribution in [2.45, 2.75) is 46.5 Å². The topological polar surface area (TPSA) is 61.8 Å². The standard InChI is InChI=1S/C19H25N3O2/c1-4-8-20-18(23)11-22-17-10-13(3)12(2)9-16(17)21-15-7-5-6-14(15)19(22)24/h9-10,14H,4-8,11H2,1-3H3,(H,20,23)/t14-/m1/s1. The van der Waals surface area contributed by atoms with E-state index in [0.717, 1.165) is 53.9 Å². The molecule has 1 aliphatic heterocycles. The van der Waals surface area contributed by atoms with Gasteiger partial charge in [-0.25, -0.2) is 0 Å². The van der Waals surface area contributed by atoms with E-state index < -0.39 is 0 Å². The summed E-state index contributed by atoms with van der Waals surface area (Å²) < 4.78 is 0. The van der Waals surface area contributed by atoms with Crippen LogP contribution in [0.2, 0.25) is 0 Å². The minimum absolute atomic E-state index is 0.0138. The Kier molecular flexibility index (Phi) is 4.69. The molecular weight excluding hydrogens is 302 g/mol. The van der Waals surface area contributed by atoms with Gasteiger partial charge in [0.05, 0.1) is 17.3 Å². The zero-order valence-electron chi connectivity index (χ0n) is 14.7. The highest BCUT2D eigenvalue weighted by Gasteiger charge is 2.37. The maximum atomic E-state index is 13.1. The Bertz CT molecular complexity index is 709. The highest BCUT2D eigenvalue weighted by Crippen LogP contribution is 2.39. The summed E-state index contributed by atoms with van der Waals surface area (Å²) in [4.78, 5) is 31.7. The van der Waals surface area contributed by atoms with Crippen LogP contribution in [0.4, 0.5) is 11.4 Å². The van der Waals surface area contributed by atoms with Crippen molar-refractivity contribution < 1.29 is 9.59 Å². The molecule has 3 rings (SSSR count). The van der Waals surface area contributed by atoms with Gasteiger partial charge in [0, 0.05) is 12.3 Å². The Balaban J connectivity index is 2.00. The largest absolute Gasteiger partial charge is 0.355 e. The number of nitrogens with one attached hydrogen (secondary N) is 1. The Hall–Kier alpha value is -2.17. The van der Waals surface area contributed by atoms with Gasteiger partial charge in [0.2, 0.25) is 11.8 Å². The van der Waals surface area contributed by atoms with Crippen LogP contribution in [-0.2, 0) is 9.59 Å². The smallest absolute Gasteiger partial charge is 0.240 e. The van der Waals surface area contributed by atoms with Gasteiger partial charge in [-0.1, -0.05) is 6.92 Å². The summed E-state index contributed by atoms with van der Waals surface area (Å²) in [6.45, 7) is 6.78. The molecule has 2 aliphatic rings. The summed E-state index contributed by atoms with van der Waals surface area (Å²) in [5, 5.41) is 2.87. The minimum Gasteiger partial charge on any atom is -0.355 e. The van der Waals surface area contributed by atoms with Crippen molar-refractivity contribution in [2.24, 2.45) is 10.9 Å². The molecule has 1 saturated carbocycles. The number of carbonyl (C=O) groups is 2. The van der Waals surface area contributed by atoms with E-state index in [9.17, 15) is 9.59 Å². The van der Waals surface area contributed by atoms with Crippen molar-refractivity contribution in [2.75, 3.05) is 18.0 Å². The third kappa shape index (κ3) is 3.07. The Labute approximate surface area is 143 Å². The van der Waals surface area contributed by atoms with E-state index in [2.05, 4.69) is 5.32 Å². The van der Waals surface area contributed by atoms with Crippen molar-refractivity contribution in [1.29, 1.82) is 0 Å². The third-order valence-corrected chi connectivity index (χ3v) is 4.91. The summed E-state index contributed by atoms with van der Waals surface area (Å²) in [5.74, 6) is -0.271. The molecule has 0 bridgehead atoms. The van der Waals surface area contributed by atoms with Crippen LogP contribution < -0.4 is 10.2 Å². The fourth-order valence-corrected chi connectivity index (χ4v) is 3.41. The van der Waals surface area contributed by atoms with Gasteiger partial charge >= 0.3 is 0 Å². The van der Waals surface area contributed by atoms with Crippen LogP contribution >= 0.6 is 0 Å². The molecule has 1 aliphatic carbocycles. The summed E-state index contributed by atoms with van der Waals surface area (Å²) in [7, 11) is 0. The zero-order valence-corrected chi connectivity index (χ0v) is 14.7. The van der Waals surface area contributed by atoms with Gasteiger partial charge in [0.15, 0.2) is 0 Å². The molecule has 0 saturated heterocycles. The number of hydrogen-bond acceptors (Lipinski definition) is 3. The van der Waals surface area contributed by atoms with Crippen LogP contribution in [0.3, 0.4) is 0 Å². The van der Waals surface area contributed by atoms with Gasteiger partial charge in [0.1, 0.15) is 6.54 Å². The van der Waals surface area contributed by atoms with E-state index in [1.165, 1.54) is 0 Å². The number of aliphatic imine (C=N–C) groups is 1. The summed E-state index contributed by atoms with van der Waals surface area (Å²) in [5.41, 5.74) is 4.80. The molecule has 1 N–H and O–H groups in total. The molecule has 5 nitrogen and oxygen atoms in total. The minimum atomic E-state index is -0.169. The molecule has 0 aromatic heterocycles. The van der Waals surface area contributed by atoms with E-state index in [1.54, 1.807) is 4.90 Å². The van der Waals surface area contributed by atoms with E-state index >= 15 is 0 Å². The van der Waals surface area contributed by atoms with Crippen LogP contribution in [0.25, 0.3) is 0 Å². The van der Waals surface area contributed by atoms with Crippen LogP contribution in [-0.4, -0.2) is 30.6 Å². The number of amides is 2. The first kappa shape index (κ1) is 16.7. The second kappa shape index (κ2) is 6.75. The Morgan fingerprint density at radius 1 is 1.33 bits per heavy atom. The van der Waals surface area contributed by atoms with Gasteiger partial charge in [0.25, 0.3) is 0 Å². The molecule has 1 aromatic rings. The lowest BCUT2D eigenvalue weighted by atomic mass is 10.0. The average molecular weight is 327 g/mol. The van der Waals surface area contributed by atoms with Crippen molar-refractivity contribution >= 4 is 28.9 Å². The number of aryl methyl sites for hydroxylation is 2. The predicted octanol–water partition coefficient (Wildman–Crippen LogP) is 3.05. The fraction of sp³-hybridized carbons (Fsp3) is 0.526. The number of fused-ring (bicyclic) bond motifs is 2. The Morgan fingerprint density at radius 3 is 2.83 bits per heavy atom. The van der Waals surface area contributed by atoms with E-state index in [1.807, 2.05) is 32.9 Å². The highest BCUT2D eigenvalue weighted by molar-refractivity contribution is 6.16. The molecular formula is C19H25N3O2. The normalized spacial score (nSPS) is 19.5. The second-order valence-corrected chi connectivity index (χ2v) is 6.75. The molecule has 1 aromatic carbocycles. The molecule has 0 unspecified atom stereocenters. The molecule has 1 fully saturated rings. The lowest BCUT2D eigenvalue weighted by molar-refractivity contribution is -0.124. The molecule has 0 radical (unpaired) electrons. The molecule has 24 heavy (non-hydrogen) atoms. The zero-order chi connectivity index (χ0) is 17.3. The Morgan fingerprint density at radius 2 is 2.08 bits per heavy atom. The SMILES string of the molecule is CCCNC(=O)CN1C(=O)[C@@H]2CCCC2=Nc2cc(C)c(C)cc21. The summed E-state index contributed by atoms with van der Waals surface area (Å²) in [6, 6.07) is 4.02. The monoisotopic (exact) mass is 327 g/mol. The number of hydrogen-bond donors (Lipinski definition) is 1. The predicted molar refractivity (Wildman–Crippen MR) is 96.0 cm³/mol. The van der Waals surface area contributed by atoms with E-state index in [0.29, 0.717) is 6.54 Å². The average Bonchev–Trinajstić information content (AvgIpc) is 2.98. The second-order valence-electron chi connectivity index (χ2n) is 6.75. The molecule has 0 spiro atoms. The molecule has 1 heterocycles. The first-order valence-electron chi connectivity index (χ1n) is 8.78. The summed E-state index contributed by atoms with van der Waals surface area (Å²) in [6.07, 6.45) is 3.57. The molecule has 2 amide bonds. The van der Waals surface area contributed by atoms with Gasteiger partial charge in [-0.3, -0.25) is 14.6 Å². The number of rotatable bonds is 4. The third-order valence-electron chi connectivity index (χ3n) is 4.91. The lowest BCUT2D eigenvalue weighted by Crippen LogP contribution is -2.44. The van der Waals surface area contributed by atoms with E-state index in [-0.39, 0.29) is 24.3 Å². The number of nitrogens with zero attached hydrogens (tertiary/aromatic N) is 2. The van der Waals surface area contributed by atoms with Crippen molar-refractivity contribution in [1.82, 2.24) is 5.32 Å². The van der Waals surface area contributed by atoms with Crippen molar-refractivity contribution in [3.05, 3.63) is 23.3 Å². The molecule has 1 atom stereocenters. The van der Waals surface area contributed by atoms with Gasteiger partial charge in [-0.2, -0.15) is 0 Å². The van der Waals surface area contributed by atoms with Gasteiger partial charge < -0.3 is 10.2 Å². The maximum absolute atomic E-state index is 13.1. The van der Waals surface area contributed by atoms with Gasteiger partial charge in [-0.15, -0.1) is 0 Å². The van der Waals surface area contributed by atoms with Crippen LogP contribution in [0.5, 0.6) is 0 Å². The highest BCUT2D eigenvalue weighted by atomic mass is 16.2. The van der Waals surface area contributed by atoms with Gasteiger partial charge in [-0.05, 0) is 62.8 Å². The number of carbonyl (C=O) groups excluding carboxylic acids is 2. The van der Waals surface area contributed by atoms with Crippen LogP contribution in [0.1, 0.15) is 43.7 Å². The first-order valence-corrected chi connectivity index (χ1v) is 8.78. The maximum Gasteiger partial charge on any atom is 0.240 e. The summed E-state index contributed by atoms with van der Waals surface area (Å²) >= 11 is 0. The fourth-order valence-electron chi connectivity index (χ4n) is 3.41. The first-order chi connectivity index (χ1) is 11.5. The van der Waals surface area contributed by atoms with Crippen LogP contribution in [0.15, 0.2) is 17.1 Å².